The predicted molar refractivity (Wildman–Crippen MR) is 89.0 cm³/mol. The molecule has 0 bridgehead atoms. The fraction of sp³-hybridized carbons (Fsp3) is 0.500. The lowest BCUT2D eigenvalue weighted by Crippen LogP contribution is -2.45. The molecule has 1 spiro atoms. The van der Waals surface area contributed by atoms with Gasteiger partial charge in [0.15, 0.2) is 0 Å². The van der Waals surface area contributed by atoms with Gasteiger partial charge in [-0.15, -0.1) is 0 Å². The molecule has 1 aromatic rings. The van der Waals surface area contributed by atoms with Crippen LogP contribution in [0.4, 0.5) is 4.79 Å². The SMILES string of the molecule is COC(=O)C1CC12CCN(C(=O)NCc1ccc(C(=O)O)cc1)CC2. The second-order valence-electron chi connectivity index (χ2n) is 6.79. The van der Waals surface area contributed by atoms with E-state index in [1.54, 1.807) is 17.0 Å². The number of nitrogens with zero attached hydrogens (tertiary/aromatic N) is 1. The molecule has 1 aromatic carbocycles. The van der Waals surface area contributed by atoms with Crippen LogP contribution in [0, 0.1) is 11.3 Å². The van der Waals surface area contributed by atoms with Crippen molar-refractivity contribution in [1.29, 1.82) is 0 Å². The molecule has 2 N–H and O–H groups in total. The molecule has 1 saturated carbocycles. The zero-order chi connectivity index (χ0) is 18.0. The molecule has 3 rings (SSSR count). The molecule has 2 aliphatic rings. The predicted octanol–water partition coefficient (Wildman–Crippen LogP) is 1.87. The first-order chi connectivity index (χ1) is 11.9. The van der Waals surface area contributed by atoms with E-state index >= 15 is 0 Å². The standard InChI is InChI=1S/C18H22N2O5/c1-25-16(23)14-10-18(14)6-8-20(9-7-18)17(24)19-11-12-2-4-13(5-3-12)15(21)22/h2-5,14H,6-11H2,1H3,(H,19,24)(H,21,22). The Morgan fingerprint density at radius 1 is 1.24 bits per heavy atom. The van der Waals surface area contributed by atoms with Crippen LogP contribution in [0.5, 0.6) is 0 Å². The number of methoxy groups -OCH3 is 1. The number of hydrogen-bond donors (Lipinski definition) is 2. The summed E-state index contributed by atoms with van der Waals surface area (Å²) in [4.78, 5) is 36.5. The first-order valence-electron chi connectivity index (χ1n) is 8.38. The quantitative estimate of drug-likeness (QED) is 0.812. The molecule has 1 atom stereocenters. The van der Waals surface area contributed by atoms with Crippen LogP contribution in [0.2, 0.25) is 0 Å². The maximum atomic E-state index is 12.3. The molecule has 7 heteroatoms. The number of piperidine rings is 1. The largest absolute Gasteiger partial charge is 0.478 e. The number of ether oxygens (including phenoxy) is 1. The van der Waals surface area contributed by atoms with Crippen molar-refractivity contribution in [2.24, 2.45) is 11.3 Å². The molecule has 1 saturated heterocycles. The van der Waals surface area contributed by atoms with E-state index in [4.69, 9.17) is 9.84 Å². The maximum Gasteiger partial charge on any atom is 0.335 e. The van der Waals surface area contributed by atoms with Crippen LogP contribution in [0.25, 0.3) is 0 Å². The Kier molecular flexibility index (Phi) is 4.65. The number of amides is 2. The molecular formula is C18H22N2O5. The summed E-state index contributed by atoms with van der Waals surface area (Å²) in [5.41, 5.74) is 1.11. The average molecular weight is 346 g/mol. The van der Waals surface area contributed by atoms with E-state index in [0.29, 0.717) is 19.6 Å². The van der Waals surface area contributed by atoms with Crippen LogP contribution in [0.1, 0.15) is 35.2 Å². The maximum absolute atomic E-state index is 12.3. The molecule has 2 fully saturated rings. The lowest BCUT2D eigenvalue weighted by atomic mass is 9.91. The fourth-order valence-electron chi connectivity index (χ4n) is 3.59. The highest BCUT2D eigenvalue weighted by atomic mass is 16.5. The van der Waals surface area contributed by atoms with Gasteiger partial charge in [-0.2, -0.15) is 0 Å². The number of hydrogen-bond acceptors (Lipinski definition) is 4. The number of esters is 1. The lowest BCUT2D eigenvalue weighted by Gasteiger charge is -2.32. The number of aromatic carboxylic acids is 1. The highest BCUT2D eigenvalue weighted by molar-refractivity contribution is 5.87. The molecule has 1 aliphatic heterocycles. The summed E-state index contributed by atoms with van der Waals surface area (Å²) in [5, 5.41) is 11.7. The average Bonchev–Trinajstić information content (AvgIpc) is 3.33. The number of nitrogens with one attached hydrogen (secondary N) is 1. The summed E-state index contributed by atoms with van der Waals surface area (Å²) in [6.45, 7) is 1.62. The van der Waals surface area contributed by atoms with Crippen molar-refractivity contribution in [3.63, 3.8) is 0 Å². The lowest BCUT2D eigenvalue weighted by molar-refractivity contribution is -0.143. The third kappa shape index (κ3) is 3.60. The number of urea groups is 1. The van der Waals surface area contributed by atoms with E-state index in [0.717, 1.165) is 24.8 Å². The van der Waals surface area contributed by atoms with Gasteiger partial charge in [-0.1, -0.05) is 12.1 Å². The van der Waals surface area contributed by atoms with Crippen molar-refractivity contribution >= 4 is 18.0 Å². The highest BCUT2D eigenvalue weighted by Gasteiger charge is 2.59. The Bertz CT molecular complexity index is 677. The number of likely N-dealkylation sites (tertiary alicyclic amines) is 1. The summed E-state index contributed by atoms with van der Waals surface area (Å²) in [6.07, 6.45) is 2.52. The van der Waals surface area contributed by atoms with Crippen LogP contribution in [-0.2, 0) is 16.1 Å². The summed E-state index contributed by atoms with van der Waals surface area (Å²) in [6, 6.07) is 6.30. The van der Waals surface area contributed by atoms with Crippen LogP contribution >= 0.6 is 0 Å². The summed E-state index contributed by atoms with van der Waals surface area (Å²) in [7, 11) is 1.42. The second-order valence-corrected chi connectivity index (χ2v) is 6.79. The van der Waals surface area contributed by atoms with Gasteiger partial charge in [0, 0.05) is 19.6 Å². The van der Waals surface area contributed by atoms with Crippen molar-refractivity contribution in [3.05, 3.63) is 35.4 Å². The number of carboxylic acid groups (broad SMARTS) is 1. The molecule has 1 aliphatic carbocycles. The van der Waals surface area contributed by atoms with Gasteiger partial charge in [0.1, 0.15) is 0 Å². The third-order valence-corrected chi connectivity index (χ3v) is 5.37. The van der Waals surface area contributed by atoms with Crippen LogP contribution < -0.4 is 5.32 Å². The Morgan fingerprint density at radius 3 is 2.44 bits per heavy atom. The summed E-state index contributed by atoms with van der Waals surface area (Å²) < 4.78 is 4.82. The van der Waals surface area contributed by atoms with Crippen molar-refractivity contribution < 1.29 is 24.2 Å². The normalized spacial score (nSPS) is 20.8. The van der Waals surface area contributed by atoms with Gasteiger partial charge < -0.3 is 20.1 Å². The third-order valence-electron chi connectivity index (χ3n) is 5.37. The summed E-state index contributed by atoms with van der Waals surface area (Å²) >= 11 is 0. The topological polar surface area (TPSA) is 95.9 Å². The minimum absolute atomic E-state index is 0.00420. The van der Waals surface area contributed by atoms with E-state index in [2.05, 4.69) is 5.32 Å². The Labute approximate surface area is 146 Å². The molecule has 1 heterocycles. The van der Waals surface area contributed by atoms with E-state index in [-0.39, 0.29) is 28.9 Å². The smallest absolute Gasteiger partial charge is 0.335 e. The zero-order valence-electron chi connectivity index (χ0n) is 14.2. The van der Waals surface area contributed by atoms with Gasteiger partial charge in [0.25, 0.3) is 0 Å². The van der Waals surface area contributed by atoms with Crippen molar-refractivity contribution in [3.8, 4) is 0 Å². The minimum Gasteiger partial charge on any atom is -0.478 e. The molecule has 0 radical (unpaired) electrons. The number of rotatable bonds is 4. The molecule has 7 nitrogen and oxygen atoms in total. The Balaban J connectivity index is 1.46. The molecule has 1 unspecified atom stereocenters. The van der Waals surface area contributed by atoms with E-state index < -0.39 is 5.97 Å². The number of benzene rings is 1. The van der Waals surface area contributed by atoms with Gasteiger partial charge in [-0.3, -0.25) is 4.79 Å². The Morgan fingerprint density at radius 2 is 1.88 bits per heavy atom. The van der Waals surface area contributed by atoms with Gasteiger partial charge >= 0.3 is 18.0 Å². The molecular weight excluding hydrogens is 324 g/mol. The van der Waals surface area contributed by atoms with Gasteiger partial charge in [-0.25, -0.2) is 9.59 Å². The number of carboxylic acids is 1. The molecule has 0 aromatic heterocycles. The van der Waals surface area contributed by atoms with Crippen LogP contribution in [0.3, 0.4) is 0 Å². The molecule has 25 heavy (non-hydrogen) atoms. The van der Waals surface area contributed by atoms with E-state index in [9.17, 15) is 14.4 Å². The van der Waals surface area contributed by atoms with Gasteiger partial charge in [0.05, 0.1) is 18.6 Å². The fourth-order valence-corrected chi connectivity index (χ4v) is 3.59. The highest BCUT2D eigenvalue weighted by Crippen LogP contribution is 2.59. The molecule has 2 amide bonds. The van der Waals surface area contributed by atoms with E-state index in [1.807, 2.05) is 0 Å². The van der Waals surface area contributed by atoms with Crippen molar-refractivity contribution in [1.82, 2.24) is 10.2 Å². The van der Waals surface area contributed by atoms with E-state index in [1.165, 1.54) is 19.2 Å². The number of carbonyl (C=O) groups excluding carboxylic acids is 2. The summed E-state index contributed by atoms with van der Waals surface area (Å²) in [5.74, 6) is -1.11. The van der Waals surface area contributed by atoms with Crippen molar-refractivity contribution in [2.75, 3.05) is 20.2 Å². The van der Waals surface area contributed by atoms with Crippen molar-refractivity contribution in [2.45, 2.75) is 25.8 Å². The van der Waals surface area contributed by atoms with Crippen LogP contribution in [0.15, 0.2) is 24.3 Å². The van der Waals surface area contributed by atoms with Gasteiger partial charge in [0.2, 0.25) is 0 Å². The zero-order valence-corrected chi connectivity index (χ0v) is 14.2. The monoisotopic (exact) mass is 346 g/mol. The Hall–Kier alpha value is -2.57. The number of carbonyl (C=O) groups is 3. The van der Waals surface area contributed by atoms with Gasteiger partial charge in [-0.05, 0) is 42.4 Å². The molecule has 134 valence electrons. The first kappa shape index (κ1) is 17.3. The van der Waals surface area contributed by atoms with Crippen LogP contribution in [-0.4, -0.2) is 48.2 Å². The second kappa shape index (κ2) is 6.74. The first-order valence-corrected chi connectivity index (χ1v) is 8.38. The minimum atomic E-state index is -0.969.